The molecule has 1 atom stereocenters. The Kier molecular flexibility index (Phi) is 4.37. The first-order valence-corrected chi connectivity index (χ1v) is 7.57. The van der Waals surface area contributed by atoms with Gasteiger partial charge in [0.2, 0.25) is 0 Å². The summed E-state index contributed by atoms with van der Waals surface area (Å²) < 4.78 is 13.5. The summed E-state index contributed by atoms with van der Waals surface area (Å²) in [5.41, 5.74) is 1.60. The molecule has 3 rings (SSSR count). The molecule has 0 aliphatic heterocycles. The number of halogens is 1. The van der Waals surface area contributed by atoms with Gasteiger partial charge in [-0.1, -0.05) is 48.5 Å². The van der Waals surface area contributed by atoms with Crippen LogP contribution < -0.4 is 10.6 Å². The second-order valence-corrected chi connectivity index (χ2v) is 5.64. The van der Waals surface area contributed by atoms with Crippen molar-refractivity contribution in [2.45, 2.75) is 25.4 Å². The highest BCUT2D eigenvalue weighted by molar-refractivity contribution is 5.74. The van der Waals surface area contributed by atoms with Crippen LogP contribution in [0.5, 0.6) is 0 Å². The Labute approximate surface area is 129 Å². The highest BCUT2D eigenvalue weighted by Gasteiger charge is 2.33. The van der Waals surface area contributed by atoms with E-state index in [0.29, 0.717) is 11.5 Å². The Morgan fingerprint density at radius 3 is 2.45 bits per heavy atom. The summed E-state index contributed by atoms with van der Waals surface area (Å²) in [5, 5.41) is 5.75. The lowest BCUT2D eigenvalue weighted by Crippen LogP contribution is -2.38. The van der Waals surface area contributed by atoms with E-state index in [9.17, 15) is 9.18 Å². The van der Waals surface area contributed by atoms with Crippen LogP contribution in [0.4, 0.5) is 9.18 Å². The van der Waals surface area contributed by atoms with Crippen molar-refractivity contribution in [2.24, 2.45) is 5.92 Å². The Morgan fingerprint density at radius 2 is 1.77 bits per heavy atom. The molecule has 0 saturated heterocycles. The highest BCUT2D eigenvalue weighted by Crippen LogP contribution is 2.40. The van der Waals surface area contributed by atoms with Gasteiger partial charge in [0.25, 0.3) is 0 Å². The molecule has 1 aliphatic carbocycles. The van der Waals surface area contributed by atoms with E-state index in [1.54, 1.807) is 18.2 Å². The van der Waals surface area contributed by atoms with Crippen molar-refractivity contribution < 1.29 is 9.18 Å². The first-order valence-electron chi connectivity index (χ1n) is 7.57. The van der Waals surface area contributed by atoms with Gasteiger partial charge in [-0.05, 0) is 30.4 Å². The maximum absolute atomic E-state index is 13.5. The van der Waals surface area contributed by atoms with Gasteiger partial charge in [-0.3, -0.25) is 0 Å². The van der Waals surface area contributed by atoms with Crippen LogP contribution in [0.3, 0.4) is 0 Å². The van der Waals surface area contributed by atoms with E-state index in [1.807, 2.05) is 30.3 Å². The van der Waals surface area contributed by atoms with Crippen LogP contribution >= 0.6 is 0 Å². The van der Waals surface area contributed by atoms with Crippen LogP contribution in [0.2, 0.25) is 0 Å². The molecule has 2 aromatic rings. The predicted octanol–water partition coefficient (Wildman–Crippen LogP) is 3.78. The van der Waals surface area contributed by atoms with Crippen LogP contribution in [-0.2, 0) is 6.54 Å². The molecule has 0 bridgehead atoms. The molecule has 1 saturated carbocycles. The number of hydrogen-bond donors (Lipinski definition) is 2. The summed E-state index contributed by atoms with van der Waals surface area (Å²) >= 11 is 0. The number of benzene rings is 2. The van der Waals surface area contributed by atoms with Crippen LogP contribution in [0.1, 0.15) is 30.0 Å². The fourth-order valence-corrected chi connectivity index (χ4v) is 2.57. The number of carbonyl (C=O) groups is 1. The van der Waals surface area contributed by atoms with Gasteiger partial charge in [-0.15, -0.1) is 0 Å². The molecular weight excluding hydrogens is 279 g/mol. The first kappa shape index (κ1) is 14.6. The van der Waals surface area contributed by atoms with Crippen LogP contribution in [0, 0.1) is 11.7 Å². The van der Waals surface area contributed by atoms with E-state index in [0.717, 1.165) is 18.4 Å². The molecule has 0 aromatic heterocycles. The quantitative estimate of drug-likeness (QED) is 0.866. The molecule has 2 N–H and O–H groups in total. The van der Waals surface area contributed by atoms with Crippen molar-refractivity contribution in [1.29, 1.82) is 0 Å². The number of carbonyl (C=O) groups excluding carboxylic acids is 1. The summed E-state index contributed by atoms with van der Waals surface area (Å²) in [4.78, 5) is 12.1. The Morgan fingerprint density at radius 1 is 1.09 bits per heavy atom. The monoisotopic (exact) mass is 298 g/mol. The summed E-state index contributed by atoms with van der Waals surface area (Å²) in [5.74, 6) is 0.200. The fraction of sp³-hybridized carbons (Fsp3) is 0.278. The van der Waals surface area contributed by atoms with Gasteiger partial charge in [0.1, 0.15) is 5.82 Å². The Hall–Kier alpha value is -2.36. The van der Waals surface area contributed by atoms with Crippen LogP contribution in [-0.4, -0.2) is 6.03 Å². The lowest BCUT2D eigenvalue weighted by atomic mass is 10.0. The van der Waals surface area contributed by atoms with Crippen molar-refractivity contribution in [3.63, 3.8) is 0 Å². The molecule has 0 radical (unpaired) electrons. The molecule has 1 aliphatic rings. The van der Waals surface area contributed by atoms with E-state index in [-0.39, 0.29) is 24.4 Å². The van der Waals surface area contributed by atoms with Crippen molar-refractivity contribution in [3.8, 4) is 0 Å². The van der Waals surface area contributed by atoms with Crippen molar-refractivity contribution in [3.05, 3.63) is 71.5 Å². The summed E-state index contributed by atoms with van der Waals surface area (Å²) in [6.07, 6.45) is 2.26. The van der Waals surface area contributed by atoms with Gasteiger partial charge in [-0.25, -0.2) is 9.18 Å². The Balaban J connectivity index is 1.59. The van der Waals surface area contributed by atoms with Gasteiger partial charge in [0.05, 0.1) is 6.04 Å². The maximum Gasteiger partial charge on any atom is 0.315 e. The number of amides is 2. The van der Waals surface area contributed by atoms with Crippen molar-refractivity contribution >= 4 is 6.03 Å². The van der Waals surface area contributed by atoms with E-state index >= 15 is 0 Å². The normalized spacial score (nSPS) is 15.1. The molecule has 1 fully saturated rings. The average Bonchev–Trinajstić information content (AvgIpc) is 3.37. The van der Waals surface area contributed by atoms with Gasteiger partial charge < -0.3 is 10.6 Å². The third-order valence-corrected chi connectivity index (χ3v) is 3.94. The van der Waals surface area contributed by atoms with Crippen LogP contribution in [0.15, 0.2) is 54.6 Å². The minimum atomic E-state index is -0.301. The maximum atomic E-state index is 13.5. The molecule has 3 nitrogen and oxygen atoms in total. The summed E-state index contributed by atoms with van der Waals surface area (Å²) in [7, 11) is 0. The lowest BCUT2D eigenvalue weighted by Gasteiger charge is -2.19. The molecule has 2 amide bonds. The van der Waals surface area contributed by atoms with Gasteiger partial charge in [0.15, 0.2) is 0 Å². The molecule has 4 heteroatoms. The molecular formula is C18H19FN2O. The van der Waals surface area contributed by atoms with E-state index in [4.69, 9.17) is 0 Å². The zero-order valence-corrected chi connectivity index (χ0v) is 12.3. The third-order valence-electron chi connectivity index (χ3n) is 3.94. The second-order valence-electron chi connectivity index (χ2n) is 5.64. The topological polar surface area (TPSA) is 41.1 Å². The zero-order chi connectivity index (χ0) is 15.4. The number of nitrogens with one attached hydrogen (secondary N) is 2. The van der Waals surface area contributed by atoms with Gasteiger partial charge in [0, 0.05) is 12.1 Å². The predicted molar refractivity (Wildman–Crippen MR) is 83.7 cm³/mol. The zero-order valence-electron chi connectivity index (χ0n) is 12.3. The molecule has 114 valence electrons. The van der Waals surface area contributed by atoms with Crippen molar-refractivity contribution in [1.82, 2.24) is 10.6 Å². The highest BCUT2D eigenvalue weighted by atomic mass is 19.1. The van der Waals surface area contributed by atoms with E-state index < -0.39 is 0 Å². The smallest absolute Gasteiger partial charge is 0.315 e. The summed E-state index contributed by atoms with van der Waals surface area (Å²) in [6, 6.07) is 16.2. The Bertz CT molecular complexity index is 641. The number of hydrogen-bond acceptors (Lipinski definition) is 1. The van der Waals surface area contributed by atoms with Gasteiger partial charge in [-0.2, -0.15) is 0 Å². The summed E-state index contributed by atoms with van der Waals surface area (Å²) in [6.45, 7) is 0.185. The van der Waals surface area contributed by atoms with Crippen molar-refractivity contribution in [2.75, 3.05) is 0 Å². The number of rotatable bonds is 5. The average molecular weight is 298 g/mol. The molecule has 0 spiro atoms. The SMILES string of the molecule is O=C(NCc1ccccc1F)N[C@H](c1ccccc1)C1CC1. The fourth-order valence-electron chi connectivity index (χ4n) is 2.57. The largest absolute Gasteiger partial charge is 0.334 e. The third kappa shape index (κ3) is 3.64. The molecule has 22 heavy (non-hydrogen) atoms. The first-order chi connectivity index (χ1) is 10.7. The van der Waals surface area contributed by atoms with Crippen LogP contribution in [0.25, 0.3) is 0 Å². The molecule has 0 unspecified atom stereocenters. The molecule has 2 aromatic carbocycles. The lowest BCUT2D eigenvalue weighted by molar-refractivity contribution is 0.235. The number of urea groups is 1. The van der Waals surface area contributed by atoms with Gasteiger partial charge >= 0.3 is 6.03 Å². The van der Waals surface area contributed by atoms with E-state index in [1.165, 1.54) is 6.07 Å². The minimum absolute atomic E-state index is 0.0295. The second kappa shape index (κ2) is 6.60. The standard InChI is InChI=1S/C18H19FN2O/c19-16-9-5-4-8-15(16)12-20-18(22)21-17(14-10-11-14)13-6-2-1-3-7-13/h1-9,14,17H,10-12H2,(H2,20,21,22)/t17-/m1/s1. The molecule has 0 heterocycles. The van der Waals surface area contributed by atoms with E-state index in [2.05, 4.69) is 10.6 Å². The minimum Gasteiger partial charge on any atom is -0.334 e.